The zero-order valence-corrected chi connectivity index (χ0v) is 24.8. The summed E-state index contributed by atoms with van der Waals surface area (Å²) in [5.41, 5.74) is -1.44. The summed E-state index contributed by atoms with van der Waals surface area (Å²) in [4.78, 5) is 74.9. The number of nitrogens with zero attached hydrogens (tertiary/aromatic N) is 1. The molecular weight excluding hydrogens is 564 g/mol. The first-order valence-electron chi connectivity index (χ1n) is 13.8. The lowest BCUT2D eigenvalue weighted by atomic mass is 10.0. The Morgan fingerprint density at radius 1 is 1.02 bits per heavy atom. The third-order valence-electron chi connectivity index (χ3n) is 6.56. The van der Waals surface area contributed by atoms with Gasteiger partial charge < -0.3 is 29.6 Å². The van der Waals surface area contributed by atoms with Crippen molar-refractivity contribution in [2.45, 2.75) is 57.8 Å². The first-order chi connectivity index (χ1) is 20.2. The number of carbonyl (C=O) groups excluding carboxylic acids is 6. The molecule has 1 saturated heterocycles. The number of benzene rings is 1. The molecule has 3 N–H and O–H groups in total. The van der Waals surface area contributed by atoms with Gasteiger partial charge in [0.1, 0.15) is 11.8 Å². The highest BCUT2D eigenvalue weighted by Crippen LogP contribution is 2.33. The Balaban J connectivity index is 1.46. The van der Waals surface area contributed by atoms with E-state index in [0.717, 1.165) is 4.90 Å². The molecule has 1 fully saturated rings. The monoisotopic (exact) mass is 602 g/mol. The van der Waals surface area contributed by atoms with E-state index < -0.39 is 53.4 Å². The van der Waals surface area contributed by atoms with E-state index in [1.54, 1.807) is 13.8 Å². The van der Waals surface area contributed by atoms with Crippen LogP contribution in [-0.2, 0) is 33.4 Å². The van der Waals surface area contributed by atoms with Crippen molar-refractivity contribution in [3.63, 3.8) is 0 Å². The molecule has 1 aromatic rings. The Hall–Kier alpha value is -4.30. The molecule has 14 heteroatoms. The zero-order chi connectivity index (χ0) is 31.8. The molecule has 1 atom stereocenters. The van der Waals surface area contributed by atoms with Crippen LogP contribution in [-0.4, -0.2) is 97.1 Å². The molecule has 43 heavy (non-hydrogen) atoms. The molecule has 0 bridgehead atoms. The number of nitrogens with one attached hydrogen (secondary N) is 3. The van der Waals surface area contributed by atoms with Gasteiger partial charge in [-0.3, -0.25) is 39.0 Å². The number of fused-ring (bicyclic) bond motifs is 1. The van der Waals surface area contributed by atoms with Gasteiger partial charge in [0.15, 0.2) is 13.2 Å². The van der Waals surface area contributed by atoms with Crippen molar-refractivity contribution >= 4 is 35.4 Å². The van der Waals surface area contributed by atoms with Crippen molar-refractivity contribution in [3.05, 3.63) is 42.2 Å². The molecule has 0 spiro atoms. The van der Waals surface area contributed by atoms with Crippen molar-refractivity contribution < 1.29 is 47.7 Å². The number of ether oxygens (including phenoxy) is 4. The zero-order valence-electron chi connectivity index (χ0n) is 24.8. The van der Waals surface area contributed by atoms with Crippen LogP contribution in [0.25, 0.3) is 0 Å². The molecule has 2 aliphatic heterocycles. The highest BCUT2D eigenvalue weighted by Gasteiger charge is 2.46. The molecule has 1 unspecified atom stereocenters. The molecule has 3 rings (SSSR count). The van der Waals surface area contributed by atoms with Gasteiger partial charge in [0.25, 0.3) is 23.6 Å². The van der Waals surface area contributed by atoms with Crippen LogP contribution in [0.1, 0.15) is 61.3 Å². The van der Waals surface area contributed by atoms with Crippen LogP contribution >= 0.6 is 0 Å². The molecule has 2 heterocycles. The van der Waals surface area contributed by atoms with E-state index in [9.17, 15) is 28.8 Å². The van der Waals surface area contributed by atoms with Gasteiger partial charge in [-0.2, -0.15) is 0 Å². The number of hydrogen-bond donors (Lipinski definition) is 3. The van der Waals surface area contributed by atoms with Gasteiger partial charge >= 0.3 is 0 Å². The molecule has 1 aromatic carbocycles. The Labute approximate surface area is 249 Å². The molecule has 0 saturated carbocycles. The second kappa shape index (κ2) is 14.2. The van der Waals surface area contributed by atoms with Crippen molar-refractivity contribution in [2.75, 3.05) is 39.5 Å². The van der Waals surface area contributed by atoms with Crippen LogP contribution in [0.3, 0.4) is 0 Å². The van der Waals surface area contributed by atoms with Gasteiger partial charge in [-0.25, -0.2) is 0 Å². The lowest BCUT2D eigenvalue weighted by molar-refractivity contribution is -0.136. The molecule has 14 nitrogen and oxygen atoms in total. The van der Waals surface area contributed by atoms with Crippen LogP contribution in [0.15, 0.2) is 31.0 Å². The third kappa shape index (κ3) is 9.09. The molecule has 2 aliphatic rings. The largest absolute Gasteiger partial charge is 0.492 e. The average Bonchev–Trinajstić information content (AvgIpc) is 3.21. The van der Waals surface area contributed by atoms with Crippen molar-refractivity contribution in [1.82, 2.24) is 20.9 Å². The highest BCUT2D eigenvalue weighted by atomic mass is 16.6. The number of rotatable bonds is 16. The summed E-state index contributed by atoms with van der Waals surface area (Å²) < 4.78 is 22.2. The maximum atomic E-state index is 13.2. The van der Waals surface area contributed by atoms with Crippen LogP contribution in [0.2, 0.25) is 0 Å². The summed E-state index contributed by atoms with van der Waals surface area (Å²) >= 11 is 0. The van der Waals surface area contributed by atoms with E-state index in [1.165, 1.54) is 24.5 Å². The molecule has 6 amide bonds. The molecule has 0 radical (unpaired) electrons. The van der Waals surface area contributed by atoms with Gasteiger partial charge in [-0.1, -0.05) is 12.6 Å². The van der Waals surface area contributed by atoms with Gasteiger partial charge in [-0.15, -0.1) is 0 Å². The third-order valence-corrected chi connectivity index (χ3v) is 6.56. The summed E-state index contributed by atoms with van der Waals surface area (Å²) in [6, 6.07) is 3.30. The minimum atomic E-state index is -1.11. The lowest BCUT2D eigenvalue weighted by Crippen LogP contribution is -2.54. The molecule has 234 valence electrons. The van der Waals surface area contributed by atoms with Crippen molar-refractivity contribution in [1.29, 1.82) is 0 Å². The molecule has 0 aromatic heterocycles. The minimum Gasteiger partial charge on any atom is -0.492 e. The Kier molecular flexibility index (Phi) is 11.0. The summed E-state index contributed by atoms with van der Waals surface area (Å²) in [6.07, 6.45) is 1.22. The minimum absolute atomic E-state index is 0.00443. The van der Waals surface area contributed by atoms with Gasteiger partial charge in [0.05, 0.1) is 41.8 Å². The van der Waals surface area contributed by atoms with Gasteiger partial charge in [0.2, 0.25) is 11.8 Å². The van der Waals surface area contributed by atoms with E-state index >= 15 is 0 Å². The number of imide groups is 2. The predicted molar refractivity (Wildman–Crippen MR) is 151 cm³/mol. The van der Waals surface area contributed by atoms with Crippen LogP contribution in [0, 0.1) is 0 Å². The summed E-state index contributed by atoms with van der Waals surface area (Å²) in [5, 5.41) is 7.53. The fraction of sp³-hybridized carbons (Fsp3) is 0.517. The van der Waals surface area contributed by atoms with E-state index in [2.05, 4.69) is 22.5 Å². The number of piperidine rings is 1. The SMILES string of the molecule is C=COCC(=O)NCCOC(C)(C)COC(C)(C)CNC(=O)COc1cccc2c1C(=O)N(C1CCC(=O)NC1=O)C2=O. The van der Waals surface area contributed by atoms with Crippen LogP contribution in [0.4, 0.5) is 0 Å². The van der Waals surface area contributed by atoms with E-state index in [0.29, 0.717) is 6.54 Å². The van der Waals surface area contributed by atoms with Crippen molar-refractivity contribution in [3.8, 4) is 5.75 Å². The van der Waals surface area contributed by atoms with Gasteiger partial charge in [-0.05, 0) is 46.2 Å². The fourth-order valence-electron chi connectivity index (χ4n) is 4.28. The number of amides is 6. The van der Waals surface area contributed by atoms with E-state index in [1.807, 2.05) is 13.8 Å². The predicted octanol–water partition coefficient (Wildman–Crippen LogP) is 0.450. The average molecular weight is 603 g/mol. The highest BCUT2D eigenvalue weighted by molar-refractivity contribution is 6.24. The van der Waals surface area contributed by atoms with Crippen LogP contribution < -0.4 is 20.7 Å². The molecule has 0 aliphatic carbocycles. The Bertz CT molecular complexity index is 1280. The smallest absolute Gasteiger partial charge is 0.266 e. The number of hydrogen-bond acceptors (Lipinski definition) is 10. The fourth-order valence-corrected chi connectivity index (χ4v) is 4.28. The standard InChI is InChI=1S/C29H38N4O10/c1-6-40-14-22(35)30-12-13-42-29(4,5)17-43-28(2,3)16-31-23(36)15-41-20-9-7-8-18-24(20)27(39)33(26(18)38)19-10-11-21(34)32-25(19)37/h6-9,19H,1,10-17H2,2-5H3,(H,30,35)(H,31,36)(H,32,34,37). The topological polar surface area (TPSA) is 179 Å². The maximum absolute atomic E-state index is 13.2. The van der Waals surface area contributed by atoms with Crippen molar-refractivity contribution in [2.24, 2.45) is 0 Å². The second-order valence-corrected chi connectivity index (χ2v) is 11.2. The Morgan fingerprint density at radius 2 is 1.74 bits per heavy atom. The van der Waals surface area contributed by atoms with E-state index in [4.69, 9.17) is 18.9 Å². The van der Waals surface area contributed by atoms with Gasteiger partial charge in [0, 0.05) is 19.5 Å². The summed E-state index contributed by atoms with van der Waals surface area (Å²) in [5.74, 6) is -3.32. The quantitative estimate of drug-likeness (QED) is 0.137. The normalized spacial score (nSPS) is 16.8. The summed E-state index contributed by atoms with van der Waals surface area (Å²) in [6.45, 7) is 11.0. The lowest BCUT2D eigenvalue weighted by Gasteiger charge is -2.32. The van der Waals surface area contributed by atoms with E-state index in [-0.39, 0.29) is 62.0 Å². The summed E-state index contributed by atoms with van der Waals surface area (Å²) in [7, 11) is 0. The second-order valence-electron chi connectivity index (χ2n) is 11.2. The maximum Gasteiger partial charge on any atom is 0.266 e. The number of carbonyl (C=O) groups is 6. The first kappa shape index (κ1) is 33.2. The first-order valence-corrected chi connectivity index (χ1v) is 13.8. The Morgan fingerprint density at radius 3 is 2.44 bits per heavy atom. The van der Waals surface area contributed by atoms with Crippen LogP contribution in [0.5, 0.6) is 5.75 Å². The molecular formula is C29H38N4O10.